The molecule has 0 atom stereocenters. The molecule has 2 amide bonds. The van der Waals surface area contributed by atoms with E-state index in [0.717, 1.165) is 37.4 Å². The highest BCUT2D eigenvalue weighted by Gasteiger charge is 2.07. The quantitative estimate of drug-likeness (QED) is 0.886. The minimum Gasteiger partial charge on any atom is -0.496 e. The lowest BCUT2D eigenvalue weighted by Crippen LogP contribution is -2.32. The van der Waals surface area contributed by atoms with Gasteiger partial charge >= 0.3 is 6.03 Å². The van der Waals surface area contributed by atoms with Gasteiger partial charge in [-0.25, -0.2) is 4.79 Å². The van der Waals surface area contributed by atoms with Gasteiger partial charge in [0.2, 0.25) is 0 Å². The van der Waals surface area contributed by atoms with Gasteiger partial charge in [-0.3, -0.25) is 0 Å². The smallest absolute Gasteiger partial charge is 0.319 e. The highest BCUT2D eigenvalue weighted by Crippen LogP contribution is 2.16. The number of para-hydroxylation sites is 1. The number of methoxy groups -OCH3 is 1. The largest absolute Gasteiger partial charge is 0.496 e. The topological polar surface area (TPSA) is 59.6 Å². The van der Waals surface area contributed by atoms with E-state index in [2.05, 4.69) is 10.6 Å². The van der Waals surface area contributed by atoms with E-state index in [9.17, 15) is 4.79 Å². The van der Waals surface area contributed by atoms with Gasteiger partial charge in [-0.15, -0.1) is 0 Å². The Kier molecular flexibility index (Phi) is 5.43. The molecule has 1 aliphatic heterocycles. The fourth-order valence-corrected chi connectivity index (χ4v) is 2.02. The summed E-state index contributed by atoms with van der Waals surface area (Å²) >= 11 is 0. The van der Waals surface area contributed by atoms with E-state index in [0.29, 0.717) is 6.54 Å². The number of amides is 2. The molecule has 2 N–H and O–H groups in total. The van der Waals surface area contributed by atoms with E-state index in [1.165, 1.54) is 5.57 Å². The van der Waals surface area contributed by atoms with Crippen LogP contribution in [0.4, 0.5) is 4.79 Å². The van der Waals surface area contributed by atoms with Crippen LogP contribution in [0.3, 0.4) is 0 Å². The van der Waals surface area contributed by atoms with Crippen LogP contribution in [0.2, 0.25) is 0 Å². The summed E-state index contributed by atoms with van der Waals surface area (Å²) in [5, 5.41) is 5.56. The summed E-state index contributed by atoms with van der Waals surface area (Å²) in [5.74, 6) is 0.774. The highest BCUT2D eigenvalue weighted by atomic mass is 16.5. The van der Waals surface area contributed by atoms with Gasteiger partial charge < -0.3 is 20.1 Å². The number of carbonyl (C=O) groups excluding carboxylic acids is 1. The lowest BCUT2D eigenvalue weighted by atomic mass is 10.1. The van der Waals surface area contributed by atoms with Gasteiger partial charge in [-0.1, -0.05) is 18.2 Å². The predicted octanol–water partition coefficient (Wildman–Crippen LogP) is 2.19. The number of hydrogen-bond acceptors (Lipinski definition) is 3. The third-order valence-electron chi connectivity index (χ3n) is 3.17. The molecular weight excluding hydrogens is 256 g/mol. The molecule has 20 heavy (non-hydrogen) atoms. The van der Waals surface area contributed by atoms with Gasteiger partial charge in [-0.05, 0) is 24.5 Å². The normalized spacial score (nSPS) is 14.6. The van der Waals surface area contributed by atoms with Gasteiger partial charge in [0.1, 0.15) is 5.75 Å². The van der Waals surface area contributed by atoms with Crippen LogP contribution >= 0.6 is 0 Å². The van der Waals surface area contributed by atoms with Crippen molar-refractivity contribution in [3.05, 3.63) is 41.6 Å². The molecule has 2 rings (SSSR count). The molecule has 0 aliphatic carbocycles. The summed E-state index contributed by atoms with van der Waals surface area (Å²) in [6.45, 7) is 1.90. The minimum atomic E-state index is -0.213. The van der Waals surface area contributed by atoms with Crippen molar-refractivity contribution >= 4 is 6.03 Å². The number of urea groups is 1. The molecule has 1 aromatic rings. The molecule has 0 radical (unpaired) electrons. The molecule has 0 saturated carbocycles. The molecule has 1 aliphatic rings. The van der Waals surface area contributed by atoms with Crippen molar-refractivity contribution in [2.45, 2.75) is 19.4 Å². The Bertz CT molecular complexity index is 478. The molecule has 0 aromatic heterocycles. The molecule has 1 aromatic carbocycles. The lowest BCUT2D eigenvalue weighted by Gasteiger charge is -2.14. The molecule has 5 heteroatoms. The summed E-state index contributed by atoms with van der Waals surface area (Å²) in [5.41, 5.74) is 2.16. The Morgan fingerprint density at radius 2 is 2.10 bits per heavy atom. The van der Waals surface area contributed by atoms with E-state index >= 15 is 0 Å². The van der Waals surface area contributed by atoms with Crippen LogP contribution in [0, 0.1) is 0 Å². The molecule has 108 valence electrons. The predicted molar refractivity (Wildman–Crippen MR) is 76.5 cm³/mol. The SMILES string of the molecule is COc1ccccc1CNC(=O)NC=C1CCOCC1. The summed E-state index contributed by atoms with van der Waals surface area (Å²) in [7, 11) is 1.62. The van der Waals surface area contributed by atoms with Gasteiger partial charge in [0, 0.05) is 18.3 Å². The first-order chi connectivity index (χ1) is 9.79. The number of benzene rings is 1. The third-order valence-corrected chi connectivity index (χ3v) is 3.17. The standard InChI is InChI=1S/C15H20N2O3/c1-19-14-5-3-2-4-13(14)11-17-15(18)16-10-12-6-8-20-9-7-12/h2-5,10H,6-9,11H2,1H3,(H2,16,17,18). The fraction of sp³-hybridized carbons (Fsp3) is 0.400. The molecule has 0 bridgehead atoms. The number of hydrogen-bond donors (Lipinski definition) is 2. The average Bonchev–Trinajstić information content (AvgIpc) is 2.52. The first-order valence-corrected chi connectivity index (χ1v) is 6.71. The van der Waals surface area contributed by atoms with Crippen LogP contribution in [0.1, 0.15) is 18.4 Å². The maximum absolute atomic E-state index is 11.7. The van der Waals surface area contributed by atoms with Gasteiger partial charge in [-0.2, -0.15) is 0 Å². The number of rotatable bonds is 4. The third kappa shape index (κ3) is 4.28. The summed E-state index contributed by atoms with van der Waals surface area (Å²) in [6.07, 6.45) is 3.54. The molecular formula is C15H20N2O3. The van der Waals surface area contributed by atoms with E-state index in [-0.39, 0.29) is 6.03 Å². The Hall–Kier alpha value is -2.01. The average molecular weight is 276 g/mol. The van der Waals surface area contributed by atoms with E-state index in [1.54, 1.807) is 13.3 Å². The molecule has 1 saturated heterocycles. The van der Waals surface area contributed by atoms with Crippen LogP contribution < -0.4 is 15.4 Å². The summed E-state index contributed by atoms with van der Waals surface area (Å²) in [6, 6.07) is 7.41. The van der Waals surface area contributed by atoms with Crippen LogP contribution in [-0.4, -0.2) is 26.4 Å². The van der Waals surface area contributed by atoms with Crippen molar-refractivity contribution in [1.82, 2.24) is 10.6 Å². The van der Waals surface area contributed by atoms with Gasteiger partial charge in [0.15, 0.2) is 0 Å². The zero-order chi connectivity index (χ0) is 14.2. The minimum absolute atomic E-state index is 0.213. The second kappa shape index (κ2) is 7.55. The molecule has 0 spiro atoms. The van der Waals surface area contributed by atoms with Crippen LogP contribution in [0.25, 0.3) is 0 Å². The number of ether oxygens (including phenoxy) is 2. The Balaban J connectivity index is 1.80. The second-order valence-corrected chi connectivity index (χ2v) is 4.55. The molecule has 1 heterocycles. The highest BCUT2D eigenvalue weighted by molar-refractivity contribution is 5.75. The molecule has 1 fully saturated rings. The van der Waals surface area contributed by atoms with Crippen molar-refractivity contribution in [3.63, 3.8) is 0 Å². The lowest BCUT2D eigenvalue weighted by molar-refractivity contribution is 0.119. The van der Waals surface area contributed by atoms with Crippen molar-refractivity contribution in [1.29, 1.82) is 0 Å². The maximum Gasteiger partial charge on any atom is 0.319 e. The number of nitrogens with one attached hydrogen (secondary N) is 2. The van der Waals surface area contributed by atoms with Crippen molar-refractivity contribution in [3.8, 4) is 5.75 Å². The van der Waals surface area contributed by atoms with Crippen molar-refractivity contribution < 1.29 is 14.3 Å². The molecule has 5 nitrogen and oxygen atoms in total. The van der Waals surface area contributed by atoms with Gasteiger partial charge in [0.25, 0.3) is 0 Å². The van der Waals surface area contributed by atoms with E-state index < -0.39 is 0 Å². The van der Waals surface area contributed by atoms with Crippen LogP contribution in [-0.2, 0) is 11.3 Å². The zero-order valence-electron chi connectivity index (χ0n) is 11.6. The number of carbonyl (C=O) groups is 1. The first-order valence-electron chi connectivity index (χ1n) is 6.71. The van der Waals surface area contributed by atoms with E-state index in [4.69, 9.17) is 9.47 Å². The molecule has 0 unspecified atom stereocenters. The van der Waals surface area contributed by atoms with E-state index in [1.807, 2.05) is 24.3 Å². The Morgan fingerprint density at radius 3 is 2.85 bits per heavy atom. The second-order valence-electron chi connectivity index (χ2n) is 4.55. The zero-order valence-corrected chi connectivity index (χ0v) is 11.6. The summed E-state index contributed by atoms with van der Waals surface area (Å²) in [4.78, 5) is 11.7. The van der Waals surface area contributed by atoms with Gasteiger partial charge in [0.05, 0.1) is 20.3 Å². The first kappa shape index (κ1) is 14.4. The fourth-order valence-electron chi connectivity index (χ4n) is 2.02. The summed E-state index contributed by atoms with van der Waals surface area (Å²) < 4.78 is 10.5. The van der Waals surface area contributed by atoms with Crippen LogP contribution in [0.5, 0.6) is 5.75 Å². The van der Waals surface area contributed by atoms with Crippen LogP contribution in [0.15, 0.2) is 36.0 Å². The van der Waals surface area contributed by atoms with Crippen molar-refractivity contribution in [2.24, 2.45) is 0 Å². The van der Waals surface area contributed by atoms with Crippen molar-refractivity contribution in [2.75, 3.05) is 20.3 Å². The Morgan fingerprint density at radius 1 is 1.35 bits per heavy atom. The Labute approximate surface area is 119 Å². The monoisotopic (exact) mass is 276 g/mol. The maximum atomic E-state index is 11.7.